The van der Waals surface area contributed by atoms with Gasteiger partial charge in [-0.3, -0.25) is 4.68 Å². The third-order valence-electron chi connectivity index (χ3n) is 4.41. The lowest BCUT2D eigenvalue weighted by molar-refractivity contribution is 0.324. The van der Waals surface area contributed by atoms with Crippen LogP contribution in [0, 0.1) is 0 Å². The quantitative estimate of drug-likeness (QED) is 0.717. The number of aryl methyl sites for hydroxylation is 1. The molecule has 0 bridgehead atoms. The van der Waals surface area contributed by atoms with E-state index >= 15 is 0 Å². The van der Waals surface area contributed by atoms with Gasteiger partial charge in [-0.1, -0.05) is 12.1 Å². The van der Waals surface area contributed by atoms with E-state index in [0.717, 1.165) is 28.1 Å². The molecule has 7 heteroatoms. The summed E-state index contributed by atoms with van der Waals surface area (Å²) in [5.41, 5.74) is 9.62. The minimum atomic E-state index is 0.527. The maximum atomic E-state index is 6.32. The Morgan fingerprint density at radius 2 is 1.41 bits per heavy atom. The molecule has 0 amide bonds. The van der Waals surface area contributed by atoms with E-state index in [1.54, 1.807) is 33.1 Å². The first-order valence-corrected chi connectivity index (χ1v) is 8.31. The Hall–Kier alpha value is -3.35. The molecule has 3 aromatic rings. The van der Waals surface area contributed by atoms with Crippen molar-refractivity contribution in [2.45, 2.75) is 0 Å². The molecule has 0 unspecified atom stereocenters. The number of hydrogen-bond donors (Lipinski definition) is 1. The summed E-state index contributed by atoms with van der Waals surface area (Å²) in [6.07, 6.45) is 0. The molecule has 27 heavy (non-hydrogen) atoms. The fourth-order valence-corrected chi connectivity index (χ4v) is 3.00. The van der Waals surface area contributed by atoms with Gasteiger partial charge in [-0.15, -0.1) is 0 Å². The van der Waals surface area contributed by atoms with E-state index < -0.39 is 0 Å². The van der Waals surface area contributed by atoms with Crippen molar-refractivity contribution in [3.05, 3.63) is 36.4 Å². The number of nitrogens with two attached hydrogens (primary N) is 1. The zero-order valence-corrected chi connectivity index (χ0v) is 16.1. The molecule has 1 heterocycles. The molecule has 0 aliphatic rings. The van der Waals surface area contributed by atoms with E-state index in [9.17, 15) is 0 Å². The third kappa shape index (κ3) is 3.23. The molecule has 0 radical (unpaired) electrons. The standard InChI is InChI=1S/C20H23N3O4/c1-23-20(21)17(12-6-8-14(24-2)9-7-12)18(22-23)13-10-15(25-3)19(27-5)16(11-13)26-4/h6-11H,21H2,1-5H3. The van der Waals surface area contributed by atoms with Crippen LogP contribution in [0.25, 0.3) is 22.4 Å². The highest BCUT2D eigenvalue weighted by Crippen LogP contribution is 2.44. The topological polar surface area (TPSA) is 80.8 Å². The summed E-state index contributed by atoms with van der Waals surface area (Å²) in [4.78, 5) is 0. The smallest absolute Gasteiger partial charge is 0.203 e. The van der Waals surface area contributed by atoms with Crippen LogP contribution in [0.3, 0.4) is 0 Å². The van der Waals surface area contributed by atoms with Crippen LogP contribution < -0.4 is 24.7 Å². The van der Waals surface area contributed by atoms with Gasteiger partial charge in [0.25, 0.3) is 0 Å². The second-order valence-corrected chi connectivity index (χ2v) is 5.87. The third-order valence-corrected chi connectivity index (χ3v) is 4.41. The number of aromatic nitrogens is 2. The molecule has 0 saturated heterocycles. The number of hydrogen-bond acceptors (Lipinski definition) is 6. The number of benzene rings is 2. The average Bonchev–Trinajstić information content (AvgIpc) is 3.01. The molecule has 0 saturated carbocycles. The van der Waals surface area contributed by atoms with Gasteiger partial charge < -0.3 is 24.7 Å². The van der Waals surface area contributed by atoms with E-state index in [-0.39, 0.29) is 0 Å². The van der Waals surface area contributed by atoms with Crippen LogP contribution in [0.2, 0.25) is 0 Å². The second kappa shape index (κ2) is 7.49. The van der Waals surface area contributed by atoms with Gasteiger partial charge in [-0.05, 0) is 29.8 Å². The number of anilines is 1. The molecule has 3 rings (SSSR count). The molecular weight excluding hydrogens is 346 g/mol. The first-order chi connectivity index (χ1) is 13.0. The normalized spacial score (nSPS) is 10.6. The van der Waals surface area contributed by atoms with E-state index in [1.807, 2.05) is 43.4 Å². The van der Waals surface area contributed by atoms with E-state index in [2.05, 4.69) is 5.10 Å². The number of ether oxygens (including phenoxy) is 4. The van der Waals surface area contributed by atoms with Crippen molar-refractivity contribution in [1.29, 1.82) is 0 Å². The van der Waals surface area contributed by atoms with Crippen molar-refractivity contribution in [2.24, 2.45) is 7.05 Å². The van der Waals surface area contributed by atoms with E-state index in [4.69, 9.17) is 24.7 Å². The number of nitrogens with zero attached hydrogens (tertiary/aromatic N) is 2. The van der Waals surface area contributed by atoms with Crippen LogP contribution in [0.4, 0.5) is 5.82 Å². The van der Waals surface area contributed by atoms with Crippen LogP contribution >= 0.6 is 0 Å². The van der Waals surface area contributed by atoms with E-state index in [0.29, 0.717) is 23.1 Å². The molecule has 0 atom stereocenters. The molecule has 0 fully saturated rings. The van der Waals surface area contributed by atoms with Crippen LogP contribution in [0.15, 0.2) is 36.4 Å². The van der Waals surface area contributed by atoms with Crippen LogP contribution in [-0.2, 0) is 7.05 Å². The SMILES string of the molecule is COc1ccc(-c2c(-c3cc(OC)c(OC)c(OC)c3)nn(C)c2N)cc1. The second-order valence-electron chi connectivity index (χ2n) is 5.87. The molecule has 0 spiro atoms. The van der Waals surface area contributed by atoms with Crippen molar-refractivity contribution in [3.63, 3.8) is 0 Å². The lowest BCUT2D eigenvalue weighted by atomic mass is 10.00. The highest BCUT2D eigenvalue weighted by atomic mass is 16.5. The lowest BCUT2D eigenvalue weighted by Crippen LogP contribution is -1.98. The average molecular weight is 369 g/mol. The van der Waals surface area contributed by atoms with Gasteiger partial charge >= 0.3 is 0 Å². The minimum Gasteiger partial charge on any atom is -0.497 e. The molecule has 142 valence electrons. The lowest BCUT2D eigenvalue weighted by Gasteiger charge is -2.14. The zero-order chi connectivity index (χ0) is 19.6. The molecule has 1 aromatic heterocycles. The number of nitrogen functional groups attached to an aromatic ring is 1. The van der Waals surface area contributed by atoms with Crippen LogP contribution in [0.5, 0.6) is 23.0 Å². The van der Waals surface area contributed by atoms with Gasteiger partial charge in [-0.25, -0.2) is 0 Å². The predicted molar refractivity (Wildman–Crippen MR) is 105 cm³/mol. The highest BCUT2D eigenvalue weighted by molar-refractivity contribution is 5.89. The van der Waals surface area contributed by atoms with Crippen LogP contribution in [-0.4, -0.2) is 38.2 Å². The van der Waals surface area contributed by atoms with Gasteiger partial charge in [0.15, 0.2) is 11.5 Å². The highest BCUT2D eigenvalue weighted by Gasteiger charge is 2.21. The molecule has 0 aliphatic carbocycles. The first-order valence-electron chi connectivity index (χ1n) is 8.31. The van der Waals surface area contributed by atoms with Gasteiger partial charge in [-0.2, -0.15) is 5.10 Å². The number of rotatable bonds is 6. The molecule has 2 N–H and O–H groups in total. The Morgan fingerprint density at radius 1 is 0.815 bits per heavy atom. The zero-order valence-electron chi connectivity index (χ0n) is 16.1. The van der Waals surface area contributed by atoms with Gasteiger partial charge in [0.1, 0.15) is 17.3 Å². The van der Waals surface area contributed by atoms with Crippen molar-refractivity contribution < 1.29 is 18.9 Å². The maximum absolute atomic E-state index is 6.32. The Labute approximate surface area is 158 Å². The van der Waals surface area contributed by atoms with Crippen molar-refractivity contribution in [2.75, 3.05) is 34.2 Å². The Bertz CT molecular complexity index is 924. The summed E-state index contributed by atoms with van der Waals surface area (Å²) >= 11 is 0. The van der Waals surface area contributed by atoms with Gasteiger partial charge in [0.05, 0.1) is 34.0 Å². The van der Waals surface area contributed by atoms with Crippen molar-refractivity contribution >= 4 is 5.82 Å². The fourth-order valence-electron chi connectivity index (χ4n) is 3.00. The fraction of sp³-hybridized carbons (Fsp3) is 0.250. The molecule has 2 aromatic carbocycles. The Morgan fingerprint density at radius 3 is 1.89 bits per heavy atom. The molecule has 0 aliphatic heterocycles. The summed E-state index contributed by atoms with van der Waals surface area (Å²) in [7, 11) is 8.18. The Kier molecular flexibility index (Phi) is 5.12. The summed E-state index contributed by atoms with van der Waals surface area (Å²) in [5, 5.41) is 4.61. The molecular formula is C20H23N3O4. The van der Waals surface area contributed by atoms with Gasteiger partial charge in [0, 0.05) is 12.6 Å². The summed E-state index contributed by atoms with van der Waals surface area (Å²) in [6, 6.07) is 11.4. The van der Waals surface area contributed by atoms with Crippen molar-refractivity contribution in [3.8, 4) is 45.4 Å². The summed E-state index contributed by atoms with van der Waals surface area (Å²) in [5.74, 6) is 2.96. The monoisotopic (exact) mass is 369 g/mol. The Balaban J connectivity index is 2.22. The number of methoxy groups -OCH3 is 4. The van der Waals surface area contributed by atoms with E-state index in [1.165, 1.54) is 0 Å². The van der Waals surface area contributed by atoms with Gasteiger partial charge in [0.2, 0.25) is 5.75 Å². The predicted octanol–water partition coefficient (Wildman–Crippen LogP) is 3.37. The van der Waals surface area contributed by atoms with Crippen LogP contribution in [0.1, 0.15) is 0 Å². The minimum absolute atomic E-state index is 0.527. The molecule has 7 nitrogen and oxygen atoms in total. The largest absolute Gasteiger partial charge is 0.497 e. The van der Waals surface area contributed by atoms with Crippen molar-refractivity contribution in [1.82, 2.24) is 9.78 Å². The maximum Gasteiger partial charge on any atom is 0.203 e. The summed E-state index contributed by atoms with van der Waals surface area (Å²) < 4.78 is 23.2. The summed E-state index contributed by atoms with van der Waals surface area (Å²) in [6.45, 7) is 0. The first kappa shape index (κ1) is 18.4.